The van der Waals surface area contributed by atoms with Crippen LogP contribution in [0.2, 0.25) is 0 Å². The molecule has 0 aliphatic heterocycles. The number of hydrogen-bond donors (Lipinski definition) is 1. The van der Waals surface area contributed by atoms with Crippen LogP contribution in [0.4, 0.5) is 0 Å². The van der Waals surface area contributed by atoms with Crippen molar-refractivity contribution in [3.63, 3.8) is 0 Å². The summed E-state index contributed by atoms with van der Waals surface area (Å²) < 4.78 is 5.40. The lowest BCUT2D eigenvalue weighted by Crippen LogP contribution is -2.13. The summed E-state index contributed by atoms with van der Waals surface area (Å²) in [6.45, 7) is 7.01. The number of nitrogens with two attached hydrogens (primary N) is 1. The van der Waals surface area contributed by atoms with E-state index in [1.165, 1.54) is 0 Å². The van der Waals surface area contributed by atoms with Gasteiger partial charge in [-0.05, 0) is 32.1 Å². The van der Waals surface area contributed by atoms with Crippen LogP contribution in [-0.2, 0) is 5.75 Å². The molecule has 0 radical (unpaired) electrons. The lowest BCUT2D eigenvalue weighted by molar-refractivity contribution is 0.407. The third kappa shape index (κ3) is 3.89. The summed E-state index contributed by atoms with van der Waals surface area (Å²) in [7, 11) is 1.71. The Morgan fingerprint density at radius 3 is 2.76 bits per heavy atom. The smallest absolute Gasteiger partial charge is 0.128 e. The highest BCUT2D eigenvalue weighted by molar-refractivity contribution is 7.98. The molecule has 0 saturated carbocycles. The summed E-state index contributed by atoms with van der Waals surface area (Å²) in [5.41, 5.74) is 8.96. The van der Waals surface area contributed by atoms with Gasteiger partial charge in [-0.1, -0.05) is 6.92 Å². The molecular formula is C13H22N2OS. The summed E-state index contributed by atoms with van der Waals surface area (Å²) >= 11 is 1.88. The van der Waals surface area contributed by atoms with Crippen LogP contribution in [0, 0.1) is 19.8 Å². The number of nitrogens with zero attached hydrogens (tertiary/aromatic N) is 1. The SMILES string of the molecule is COc1c(C)cnc(CSCC(C)CN)c1C. The molecule has 3 nitrogen and oxygen atoms in total. The molecule has 1 aromatic heterocycles. The maximum Gasteiger partial charge on any atom is 0.128 e. The Kier molecular flexibility index (Phi) is 5.78. The van der Waals surface area contributed by atoms with Crippen molar-refractivity contribution in [2.45, 2.75) is 26.5 Å². The van der Waals surface area contributed by atoms with Crippen molar-refractivity contribution in [3.8, 4) is 5.75 Å². The molecule has 1 atom stereocenters. The van der Waals surface area contributed by atoms with E-state index in [-0.39, 0.29) is 0 Å². The van der Waals surface area contributed by atoms with Crippen molar-refractivity contribution < 1.29 is 4.74 Å². The zero-order valence-electron chi connectivity index (χ0n) is 11.1. The minimum Gasteiger partial charge on any atom is -0.496 e. The predicted octanol–water partition coefficient (Wildman–Crippen LogP) is 2.54. The van der Waals surface area contributed by atoms with Gasteiger partial charge in [-0.2, -0.15) is 11.8 Å². The molecule has 2 N–H and O–H groups in total. The van der Waals surface area contributed by atoms with Crippen molar-refractivity contribution in [3.05, 3.63) is 23.0 Å². The summed E-state index contributed by atoms with van der Waals surface area (Å²) in [6.07, 6.45) is 1.88. The molecule has 0 amide bonds. The molecule has 0 spiro atoms. The molecule has 1 rings (SSSR count). The molecule has 0 bridgehead atoms. The Morgan fingerprint density at radius 2 is 2.18 bits per heavy atom. The summed E-state index contributed by atoms with van der Waals surface area (Å²) in [6, 6.07) is 0. The highest BCUT2D eigenvalue weighted by Gasteiger charge is 2.09. The molecule has 1 unspecified atom stereocenters. The van der Waals surface area contributed by atoms with Gasteiger partial charge in [-0.3, -0.25) is 4.98 Å². The first kappa shape index (κ1) is 14.3. The minimum atomic E-state index is 0.563. The number of hydrogen-bond acceptors (Lipinski definition) is 4. The first-order valence-electron chi connectivity index (χ1n) is 5.87. The van der Waals surface area contributed by atoms with Gasteiger partial charge in [0.25, 0.3) is 0 Å². The van der Waals surface area contributed by atoms with E-state index < -0.39 is 0 Å². The predicted molar refractivity (Wildman–Crippen MR) is 74.6 cm³/mol. The number of methoxy groups -OCH3 is 1. The van der Waals surface area contributed by atoms with Gasteiger partial charge in [0.2, 0.25) is 0 Å². The second-order valence-corrected chi connectivity index (χ2v) is 5.43. The van der Waals surface area contributed by atoms with Crippen LogP contribution in [0.5, 0.6) is 5.75 Å². The molecule has 1 aromatic rings. The van der Waals surface area contributed by atoms with Crippen LogP contribution in [-0.4, -0.2) is 24.4 Å². The normalized spacial score (nSPS) is 12.5. The average molecular weight is 254 g/mol. The summed E-state index contributed by atoms with van der Waals surface area (Å²) in [5.74, 6) is 3.52. The molecule has 0 aliphatic carbocycles. The molecule has 0 aromatic carbocycles. The zero-order chi connectivity index (χ0) is 12.8. The van der Waals surface area contributed by atoms with E-state index in [4.69, 9.17) is 10.5 Å². The van der Waals surface area contributed by atoms with Crippen molar-refractivity contribution in [2.75, 3.05) is 19.4 Å². The van der Waals surface area contributed by atoms with Gasteiger partial charge >= 0.3 is 0 Å². The fraction of sp³-hybridized carbons (Fsp3) is 0.615. The molecule has 0 aliphatic rings. The van der Waals surface area contributed by atoms with E-state index in [1.807, 2.05) is 24.9 Å². The Bertz CT molecular complexity index is 369. The molecule has 4 heteroatoms. The topological polar surface area (TPSA) is 48.1 Å². The number of thioether (sulfide) groups is 1. The third-order valence-corrected chi connectivity index (χ3v) is 4.08. The average Bonchev–Trinajstić information content (AvgIpc) is 2.32. The first-order chi connectivity index (χ1) is 8.10. The molecule has 1 heterocycles. The zero-order valence-corrected chi connectivity index (χ0v) is 11.9. The highest BCUT2D eigenvalue weighted by Crippen LogP contribution is 2.26. The van der Waals surface area contributed by atoms with E-state index >= 15 is 0 Å². The minimum absolute atomic E-state index is 0.563. The molecule has 0 fully saturated rings. The van der Waals surface area contributed by atoms with Crippen LogP contribution < -0.4 is 10.5 Å². The maximum absolute atomic E-state index is 5.60. The highest BCUT2D eigenvalue weighted by atomic mass is 32.2. The number of pyridine rings is 1. The number of rotatable bonds is 6. The van der Waals surface area contributed by atoms with Gasteiger partial charge in [0.15, 0.2) is 0 Å². The Hall–Kier alpha value is -0.740. The van der Waals surface area contributed by atoms with Crippen molar-refractivity contribution >= 4 is 11.8 Å². The number of aromatic nitrogens is 1. The van der Waals surface area contributed by atoms with Crippen LogP contribution in [0.15, 0.2) is 6.20 Å². The number of aryl methyl sites for hydroxylation is 1. The second-order valence-electron chi connectivity index (χ2n) is 4.40. The fourth-order valence-corrected chi connectivity index (χ4v) is 2.78. The fourth-order valence-electron chi connectivity index (χ4n) is 1.64. The van der Waals surface area contributed by atoms with Gasteiger partial charge in [0, 0.05) is 23.1 Å². The van der Waals surface area contributed by atoms with Gasteiger partial charge in [-0.15, -0.1) is 0 Å². The quantitative estimate of drug-likeness (QED) is 0.847. The largest absolute Gasteiger partial charge is 0.496 e. The van der Waals surface area contributed by atoms with Crippen LogP contribution >= 0.6 is 11.8 Å². The second kappa shape index (κ2) is 6.87. The lowest BCUT2D eigenvalue weighted by atomic mass is 10.1. The van der Waals surface area contributed by atoms with E-state index in [0.717, 1.165) is 40.6 Å². The Balaban J connectivity index is 2.66. The molecule has 0 saturated heterocycles. The molecule has 17 heavy (non-hydrogen) atoms. The van der Waals surface area contributed by atoms with E-state index in [2.05, 4.69) is 18.8 Å². The third-order valence-electron chi connectivity index (χ3n) is 2.79. The van der Waals surface area contributed by atoms with Crippen LogP contribution in [0.25, 0.3) is 0 Å². The van der Waals surface area contributed by atoms with Gasteiger partial charge in [-0.25, -0.2) is 0 Å². The monoisotopic (exact) mass is 254 g/mol. The van der Waals surface area contributed by atoms with E-state index in [9.17, 15) is 0 Å². The van der Waals surface area contributed by atoms with Gasteiger partial charge < -0.3 is 10.5 Å². The first-order valence-corrected chi connectivity index (χ1v) is 7.02. The van der Waals surface area contributed by atoms with Crippen LogP contribution in [0.1, 0.15) is 23.7 Å². The van der Waals surface area contributed by atoms with Gasteiger partial charge in [0.1, 0.15) is 5.75 Å². The van der Waals surface area contributed by atoms with Gasteiger partial charge in [0.05, 0.1) is 12.8 Å². The summed E-state index contributed by atoms with van der Waals surface area (Å²) in [5, 5.41) is 0. The summed E-state index contributed by atoms with van der Waals surface area (Å²) in [4.78, 5) is 4.48. The van der Waals surface area contributed by atoms with E-state index in [1.54, 1.807) is 7.11 Å². The Labute approximate surface area is 108 Å². The van der Waals surface area contributed by atoms with Crippen molar-refractivity contribution in [1.29, 1.82) is 0 Å². The Morgan fingerprint density at radius 1 is 1.47 bits per heavy atom. The maximum atomic E-state index is 5.60. The van der Waals surface area contributed by atoms with Crippen molar-refractivity contribution in [1.82, 2.24) is 4.98 Å². The molecule has 96 valence electrons. The standard InChI is InChI=1S/C13H22N2OS/c1-9(5-14)7-17-8-12-11(3)13(16-4)10(2)6-15-12/h6,9H,5,7-8,14H2,1-4H3. The van der Waals surface area contributed by atoms with Crippen molar-refractivity contribution in [2.24, 2.45) is 11.7 Å². The van der Waals surface area contributed by atoms with Crippen LogP contribution in [0.3, 0.4) is 0 Å². The van der Waals surface area contributed by atoms with E-state index in [0.29, 0.717) is 5.92 Å². The lowest BCUT2D eigenvalue weighted by Gasteiger charge is -2.13. The molecular weight excluding hydrogens is 232 g/mol. The number of ether oxygens (including phenoxy) is 1.